The average molecular weight is 249 g/mol. The molecule has 0 aliphatic rings. The molecule has 0 radical (unpaired) electrons. The second-order valence-electron chi connectivity index (χ2n) is 4.44. The van der Waals surface area contributed by atoms with E-state index in [4.69, 9.17) is 0 Å². The van der Waals surface area contributed by atoms with Crippen molar-refractivity contribution in [1.82, 2.24) is 15.3 Å². The molecule has 1 atom stereocenters. The smallest absolute Gasteiger partial charge is 0.0764 e. The summed E-state index contributed by atoms with van der Waals surface area (Å²) in [6.45, 7) is 0. The van der Waals surface area contributed by atoms with Gasteiger partial charge in [-0.05, 0) is 36.9 Å². The van der Waals surface area contributed by atoms with Crippen molar-refractivity contribution in [3.05, 3.63) is 72.2 Å². The molecular weight excluding hydrogens is 234 g/mol. The third-order valence-electron chi connectivity index (χ3n) is 3.22. The van der Waals surface area contributed by atoms with Gasteiger partial charge >= 0.3 is 0 Å². The number of para-hydroxylation sites is 1. The van der Waals surface area contributed by atoms with Gasteiger partial charge in [-0.25, -0.2) is 0 Å². The van der Waals surface area contributed by atoms with Crippen LogP contribution in [-0.4, -0.2) is 17.0 Å². The molecule has 0 fully saturated rings. The fraction of sp³-hybridized carbons (Fsp3) is 0.125. The van der Waals surface area contributed by atoms with Crippen LogP contribution < -0.4 is 5.32 Å². The van der Waals surface area contributed by atoms with E-state index in [0.29, 0.717) is 0 Å². The zero-order valence-corrected chi connectivity index (χ0v) is 10.7. The van der Waals surface area contributed by atoms with E-state index < -0.39 is 0 Å². The first-order valence-electron chi connectivity index (χ1n) is 6.31. The number of aromatic nitrogens is 2. The molecule has 0 saturated heterocycles. The SMILES string of the molecule is CNC(c1cnc2ccccc2c1)c1ccccn1. The molecule has 3 nitrogen and oxygen atoms in total. The largest absolute Gasteiger partial charge is 0.308 e. The fourth-order valence-electron chi connectivity index (χ4n) is 2.28. The maximum absolute atomic E-state index is 4.51. The second-order valence-corrected chi connectivity index (χ2v) is 4.44. The number of hydrogen-bond acceptors (Lipinski definition) is 3. The Kier molecular flexibility index (Phi) is 3.21. The van der Waals surface area contributed by atoms with Gasteiger partial charge in [-0.15, -0.1) is 0 Å². The molecule has 3 heteroatoms. The highest BCUT2D eigenvalue weighted by Crippen LogP contribution is 2.22. The van der Waals surface area contributed by atoms with E-state index in [0.717, 1.165) is 22.2 Å². The number of benzene rings is 1. The van der Waals surface area contributed by atoms with E-state index in [-0.39, 0.29) is 6.04 Å². The van der Waals surface area contributed by atoms with Crippen LogP contribution >= 0.6 is 0 Å². The number of fused-ring (bicyclic) bond motifs is 1. The van der Waals surface area contributed by atoms with E-state index in [9.17, 15) is 0 Å². The van der Waals surface area contributed by atoms with Crippen LogP contribution in [0.2, 0.25) is 0 Å². The van der Waals surface area contributed by atoms with Crippen molar-refractivity contribution in [3.8, 4) is 0 Å². The van der Waals surface area contributed by atoms with Crippen LogP contribution in [0.25, 0.3) is 10.9 Å². The maximum atomic E-state index is 4.51. The predicted octanol–water partition coefficient (Wildman–Crippen LogP) is 2.94. The number of rotatable bonds is 3. The first-order valence-corrected chi connectivity index (χ1v) is 6.31. The summed E-state index contributed by atoms with van der Waals surface area (Å²) < 4.78 is 0. The molecule has 2 heterocycles. The summed E-state index contributed by atoms with van der Waals surface area (Å²) in [5, 5.41) is 4.45. The summed E-state index contributed by atoms with van der Waals surface area (Å²) in [6.07, 6.45) is 3.73. The Morgan fingerprint density at radius 2 is 1.84 bits per heavy atom. The van der Waals surface area contributed by atoms with E-state index in [2.05, 4.69) is 27.4 Å². The van der Waals surface area contributed by atoms with Crippen LogP contribution in [0.3, 0.4) is 0 Å². The zero-order chi connectivity index (χ0) is 13.1. The van der Waals surface area contributed by atoms with Crippen molar-refractivity contribution in [3.63, 3.8) is 0 Å². The van der Waals surface area contributed by atoms with Crippen molar-refractivity contribution in [2.75, 3.05) is 7.05 Å². The summed E-state index contributed by atoms with van der Waals surface area (Å²) in [5.41, 5.74) is 3.14. The van der Waals surface area contributed by atoms with Gasteiger partial charge in [-0.1, -0.05) is 24.3 Å². The van der Waals surface area contributed by atoms with Gasteiger partial charge in [0.05, 0.1) is 17.3 Å². The zero-order valence-electron chi connectivity index (χ0n) is 10.7. The lowest BCUT2D eigenvalue weighted by molar-refractivity contribution is 0.669. The maximum Gasteiger partial charge on any atom is 0.0764 e. The summed E-state index contributed by atoms with van der Waals surface area (Å²) in [6, 6.07) is 16.3. The number of pyridine rings is 2. The van der Waals surface area contributed by atoms with Gasteiger partial charge in [0.25, 0.3) is 0 Å². The summed E-state index contributed by atoms with van der Waals surface area (Å²) in [5.74, 6) is 0. The van der Waals surface area contributed by atoms with Crippen molar-refractivity contribution in [2.24, 2.45) is 0 Å². The topological polar surface area (TPSA) is 37.8 Å². The molecule has 94 valence electrons. The summed E-state index contributed by atoms with van der Waals surface area (Å²) in [4.78, 5) is 8.92. The molecule has 3 aromatic rings. The Bertz CT molecular complexity index is 680. The lowest BCUT2D eigenvalue weighted by atomic mass is 10.0. The minimum absolute atomic E-state index is 0.0679. The lowest BCUT2D eigenvalue weighted by Crippen LogP contribution is -2.18. The van der Waals surface area contributed by atoms with Crippen LogP contribution in [0.15, 0.2) is 60.9 Å². The van der Waals surface area contributed by atoms with Gasteiger partial charge < -0.3 is 5.32 Å². The van der Waals surface area contributed by atoms with E-state index >= 15 is 0 Å². The van der Waals surface area contributed by atoms with Crippen molar-refractivity contribution in [2.45, 2.75) is 6.04 Å². The average Bonchev–Trinajstić information content (AvgIpc) is 2.49. The van der Waals surface area contributed by atoms with Crippen molar-refractivity contribution in [1.29, 1.82) is 0 Å². The van der Waals surface area contributed by atoms with Crippen molar-refractivity contribution >= 4 is 10.9 Å². The quantitative estimate of drug-likeness (QED) is 0.775. The van der Waals surface area contributed by atoms with Crippen LogP contribution in [0.5, 0.6) is 0 Å². The number of nitrogens with zero attached hydrogens (tertiary/aromatic N) is 2. The molecule has 0 amide bonds. The van der Waals surface area contributed by atoms with Crippen LogP contribution in [0.1, 0.15) is 17.3 Å². The molecular formula is C16H15N3. The third kappa shape index (κ3) is 2.33. The summed E-state index contributed by atoms with van der Waals surface area (Å²) in [7, 11) is 1.94. The molecule has 0 bridgehead atoms. The first kappa shape index (κ1) is 11.8. The van der Waals surface area contributed by atoms with Crippen LogP contribution in [0, 0.1) is 0 Å². The van der Waals surface area contributed by atoms with E-state index in [1.165, 1.54) is 0 Å². The van der Waals surface area contributed by atoms with Gasteiger partial charge in [0.15, 0.2) is 0 Å². The Balaban J connectivity index is 2.06. The molecule has 0 aliphatic carbocycles. The monoisotopic (exact) mass is 249 g/mol. The molecule has 19 heavy (non-hydrogen) atoms. The first-order chi connectivity index (χ1) is 9.38. The van der Waals surface area contributed by atoms with E-state index in [1.807, 2.05) is 55.8 Å². The highest BCUT2D eigenvalue weighted by Gasteiger charge is 2.13. The highest BCUT2D eigenvalue weighted by molar-refractivity contribution is 5.78. The Morgan fingerprint density at radius 3 is 2.63 bits per heavy atom. The molecule has 0 aliphatic heterocycles. The minimum atomic E-state index is 0.0679. The molecule has 1 N–H and O–H groups in total. The van der Waals surface area contributed by atoms with Gasteiger partial charge in [-0.2, -0.15) is 0 Å². The van der Waals surface area contributed by atoms with Crippen molar-refractivity contribution < 1.29 is 0 Å². The second kappa shape index (κ2) is 5.16. The summed E-state index contributed by atoms with van der Waals surface area (Å²) >= 11 is 0. The van der Waals surface area contributed by atoms with Gasteiger partial charge in [0.1, 0.15) is 0 Å². The molecule has 0 saturated carbocycles. The standard InChI is InChI=1S/C16H15N3/c1-17-16(15-8-4-5-9-18-15)13-10-12-6-2-3-7-14(12)19-11-13/h2-11,16-17H,1H3. The van der Waals surface area contributed by atoms with Gasteiger partial charge in [0, 0.05) is 17.8 Å². The van der Waals surface area contributed by atoms with Crippen LogP contribution in [-0.2, 0) is 0 Å². The van der Waals surface area contributed by atoms with Crippen LogP contribution in [0.4, 0.5) is 0 Å². The Morgan fingerprint density at radius 1 is 1.00 bits per heavy atom. The minimum Gasteiger partial charge on any atom is -0.308 e. The Labute approximate surface area is 112 Å². The third-order valence-corrected chi connectivity index (χ3v) is 3.22. The number of nitrogens with one attached hydrogen (secondary N) is 1. The molecule has 2 aromatic heterocycles. The molecule has 1 unspecified atom stereocenters. The van der Waals surface area contributed by atoms with E-state index in [1.54, 1.807) is 0 Å². The van der Waals surface area contributed by atoms with Gasteiger partial charge in [0.2, 0.25) is 0 Å². The van der Waals surface area contributed by atoms with Gasteiger partial charge in [-0.3, -0.25) is 9.97 Å². The molecule has 3 rings (SSSR count). The normalized spacial score (nSPS) is 12.5. The Hall–Kier alpha value is -2.26. The fourth-order valence-corrected chi connectivity index (χ4v) is 2.28. The number of hydrogen-bond donors (Lipinski definition) is 1. The predicted molar refractivity (Wildman–Crippen MR) is 76.9 cm³/mol. The highest BCUT2D eigenvalue weighted by atomic mass is 14.9. The molecule has 1 aromatic carbocycles. The molecule has 0 spiro atoms. The lowest BCUT2D eigenvalue weighted by Gasteiger charge is -2.16.